The first kappa shape index (κ1) is 19.1. The maximum Gasteiger partial charge on any atom is 0.191 e. The topological polar surface area (TPSA) is 67.4 Å². The minimum Gasteiger partial charge on any atom is -0.469 e. The van der Waals surface area contributed by atoms with Gasteiger partial charge in [0.05, 0.1) is 12.0 Å². The molecule has 0 aliphatic heterocycles. The monoisotopic (exact) mass is 345 g/mol. The summed E-state index contributed by atoms with van der Waals surface area (Å²) in [5.41, 5.74) is 3.64. The molecule has 0 radical (unpaired) electrons. The molecule has 0 aliphatic carbocycles. The third-order valence-electron chi connectivity index (χ3n) is 4.29. The van der Waals surface area contributed by atoms with Crippen LogP contribution in [-0.2, 0) is 19.9 Å². The molecule has 2 aromatic heterocycles. The summed E-state index contributed by atoms with van der Waals surface area (Å²) in [6, 6.07) is 4.18. The van der Waals surface area contributed by atoms with Gasteiger partial charge in [0.25, 0.3) is 0 Å². The Morgan fingerprint density at radius 1 is 1.40 bits per heavy atom. The van der Waals surface area contributed by atoms with Crippen LogP contribution in [0.25, 0.3) is 0 Å². The molecule has 1 unspecified atom stereocenters. The summed E-state index contributed by atoms with van der Waals surface area (Å²) >= 11 is 0. The molecule has 0 aliphatic rings. The lowest BCUT2D eigenvalue weighted by atomic mass is 10.1. The highest BCUT2D eigenvalue weighted by molar-refractivity contribution is 5.80. The number of furan rings is 1. The van der Waals surface area contributed by atoms with Crippen LogP contribution in [0.5, 0.6) is 0 Å². The second kappa shape index (κ2) is 9.30. The van der Waals surface area contributed by atoms with Crippen LogP contribution in [0.3, 0.4) is 0 Å². The van der Waals surface area contributed by atoms with Gasteiger partial charge in [0.15, 0.2) is 5.96 Å². The van der Waals surface area contributed by atoms with E-state index in [1.54, 1.807) is 6.26 Å². The third-order valence-corrected chi connectivity index (χ3v) is 4.29. The van der Waals surface area contributed by atoms with Gasteiger partial charge in [-0.25, -0.2) is 0 Å². The van der Waals surface area contributed by atoms with E-state index in [0.717, 1.165) is 49.8 Å². The normalized spacial score (nSPS) is 13.1. The fourth-order valence-corrected chi connectivity index (χ4v) is 2.84. The lowest BCUT2D eigenvalue weighted by molar-refractivity contribution is 0.506. The molecule has 0 fully saturated rings. The molecule has 0 aromatic carbocycles. The van der Waals surface area contributed by atoms with E-state index in [9.17, 15) is 0 Å². The second-order valence-electron chi connectivity index (χ2n) is 6.51. The van der Waals surface area contributed by atoms with Crippen molar-refractivity contribution >= 4 is 5.96 Å². The van der Waals surface area contributed by atoms with Gasteiger partial charge in [-0.15, -0.1) is 0 Å². The zero-order valence-electron chi connectivity index (χ0n) is 16.1. The van der Waals surface area contributed by atoms with Crippen LogP contribution in [0.1, 0.15) is 43.0 Å². The number of hydrogen-bond acceptors (Lipinski definition) is 3. The molecule has 6 heteroatoms. The van der Waals surface area contributed by atoms with Crippen molar-refractivity contribution in [2.75, 3.05) is 13.1 Å². The fourth-order valence-electron chi connectivity index (χ4n) is 2.84. The number of aliphatic imine (C=N–C) groups is 1. The van der Waals surface area contributed by atoms with E-state index < -0.39 is 0 Å². The first-order valence-corrected chi connectivity index (χ1v) is 9.07. The smallest absolute Gasteiger partial charge is 0.191 e. The largest absolute Gasteiger partial charge is 0.469 e. The molecule has 138 valence electrons. The molecule has 1 atom stereocenters. The Hall–Kier alpha value is -2.24. The summed E-state index contributed by atoms with van der Waals surface area (Å²) in [5.74, 6) is 1.84. The van der Waals surface area contributed by atoms with Gasteiger partial charge in [-0.2, -0.15) is 5.10 Å². The predicted octanol–water partition coefficient (Wildman–Crippen LogP) is 2.75. The lowest BCUT2D eigenvalue weighted by Crippen LogP contribution is -2.44. The summed E-state index contributed by atoms with van der Waals surface area (Å²) in [7, 11) is 1.99. The second-order valence-corrected chi connectivity index (χ2v) is 6.51. The van der Waals surface area contributed by atoms with Crippen LogP contribution >= 0.6 is 0 Å². The van der Waals surface area contributed by atoms with E-state index in [0.29, 0.717) is 0 Å². The summed E-state index contributed by atoms with van der Waals surface area (Å²) < 4.78 is 7.33. The Bertz CT molecular complexity index is 672. The fraction of sp³-hybridized carbons (Fsp3) is 0.579. The summed E-state index contributed by atoms with van der Waals surface area (Å²) in [5, 5.41) is 11.4. The van der Waals surface area contributed by atoms with E-state index in [1.165, 1.54) is 11.3 Å². The highest BCUT2D eigenvalue weighted by atomic mass is 16.3. The number of nitrogens with zero attached hydrogens (tertiary/aromatic N) is 3. The minimum absolute atomic E-state index is 0.272. The number of nitrogens with one attached hydrogen (secondary N) is 2. The van der Waals surface area contributed by atoms with Gasteiger partial charge in [-0.3, -0.25) is 9.67 Å². The van der Waals surface area contributed by atoms with E-state index in [4.69, 9.17) is 4.42 Å². The Labute approximate surface area is 150 Å². The van der Waals surface area contributed by atoms with E-state index >= 15 is 0 Å². The van der Waals surface area contributed by atoms with Crippen LogP contribution in [-0.4, -0.2) is 34.9 Å². The molecule has 0 spiro atoms. The van der Waals surface area contributed by atoms with Crippen molar-refractivity contribution in [2.24, 2.45) is 12.0 Å². The maximum atomic E-state index is 5.38. The zero-order valence-corrected chi connectivity index (χ0v) is 16.1. The van der Waals surface area contributed by atoms with E-state index in [1.807, 2.05) is 23.9 Å². The molecule has 2 heterocycles. The molecule has 0 saturated heterocycles. The van der Waals surface area contributed by atoms with Crippen LogP contribution < -0.4 is 10.6 Å². The molecule has 25 heavy (non-hydrogen) atoms. The van der Waals surface area contributed by atoms with Crippen molar-refractivity contribution in [1.82, 2.24) is 20.4 Å². The van der Waals surface area contributed by atoms with E-state index in [2.05, 4.69) is 48.4 Å². The van der Waals surface area contributed by atoms with Crippen molar-refractivity contribution < 1.29 is 4.42 Å². The molecule has 2 N–H and O–H groups in total. The number of guanidine groups is 1. The standard InChI is InChI=1S/C19H31N5O/c1-6-10-20-19(21-11-9-17-8-7-12-25-17)22-14(2)13-18-15(3)23-24(5)16(18)4/h7-8,12,14H,6,9-11,13H2,1-5H3,(H2,20,21,22). The van der Waals surface area contributed by atoms with Crippen molar-refractivity contribution in [3.8, 4) is 0 Å². The predicted molar refractivity (Wildman–Crippen MR) is 102 cm³/mol. The van der Waals surface area contributed by atoms with E-state index in [-0.39, 0.29) is 6.04 Å². The Balaban J connectivity index is 1.91. The average Bonchev–Trinajstić information content (AvgIpc) is 3.17. The molecular formula is C19H31N5O. The first-order valence-electron chi connectivity index (χ1n) is 9.07. The Morgan fingerprint density at radius 3 is 2.80 bits per heavy atom. The van der Waals surface area contributed by atoms with Gasteiger partial charge < -0.3 is 15.1 Å². The lowest BCUT2D eigenvalue weighted by Gasteiger charge is -2.18. The summed E-state index contributed by atoms with van der Waals surface area (Å²) in [6.45, 7) is 10.1. The van der Waals surface area contributed by atoms with Crippen molar-refractivity contribution in [3.63, 3.8) is 0 Å². The number of hydrogen-bond donors (Lipinski definition) is 2. The molecular weight excluding hydrogens is 314 g/mol. The van der Waals surface area contributed by atoms with Crippen molar-refractivity contribution in [2.45, 2.75) is 53.0 Å². The Kier molecular flexibility index (Phi) is 7.10. The van der Waals surface area contributed by atoms with Gasteiger partial charge in [0.2, 0.25) is 0 Å². The number of aryl methyl sites for hydroxylation is 2. The summed E-state index contributed by atoms with van der Waals surface area (Å²) in [6.07, 6.45) is 4.51. The molecule has 2 rings (SSSR count). The van der Waals surface area contributed by atoms with Gasteiger partial charge in [0.1, 0.15) is 5.76 Å². The van der Waals surface area contributed by atoms with Gasteiger partial charge in [-0.05, 0) is 51.3 Å². The molecule has 0 saturated carbocycles. The van der Waals surface area contributed by atoms with Crippen molar-refractivity contribution in [3.05, 3.63) is 41.1 Å². The third kappa shape index (κ3) is 5.66. The van der Waals surface area contributed by atoms with Gasteiger partial charge in [-0.1, -0.05) is 6.92 Å². The molecule has 0 bridgehead atoms. The van der Waals surface area contributed by atoms with Crippen LogP contribution in [0.4, 0.5) is 0 Å². The SMILES string of the molecule is CCCN=C(NCCc1ccco1)NC(C)Cc1c(C)nn(C)c1C. The first-order chi connectivity index (χ1) is 12.0. The van der Waals surface area contributed by atoms with Crippen LogP contribution in [0.15, 0.2) is 27.8 Å². The number of aromatic nitrogens is 2. The molecule has 2 aromatic rings. The quantitative estimate of drug-likeness (QED) is 0.570. The maximum absolute atomic E-state index is 5.38. The van der Waals surface area contributed by atoms with Crippen LogP contribution in [0.2, 0.25) is 0 Å². The molecule has 6 nitrogen and oxygen atoms in total. The highest BCUT2D eigenvalue weighted by Crippen LogP contribution is 2.14. The van der Waals surface area contributed by atoms with Crippen molar-refractivity contribution in [1.29, 1.82) is 0 Å². The molecule has 0 amide bonds. The van der Waals surface area contributed by atoms with Gasteiger partial charge in [0, 0.05) is 38.3 Å². The van der Waals surface area contributed by atoms with Gasteiger partial charge >= 0.3 is 0 Å². The summed E-state index contributed by atoms with van der Waals surface area (Å²) in [4.78, 5) is 4.64. The average molecular weight is 345 g/mol. The highest BCUT2D eigenvalue weighted by Gasteiger charge is 2.14. The van der Waals surface area contributed by atoms with Crippen LogP contribution in [0, 0.1) is 13.8 Å². The Morgan fingerprint density at radius 2 is 2.20 bits per heavy atom. The zero-order chi connectivity index (χ0) is 18.2. The minimum atomic E-state index is 0.272. The number of rotatable bonds is 8.